The number of nitrogens with zero attached hydrogens (tertiary/aromatic N) is 1. The summed E-state index contributed by atoms with van der Waals surface area (Å²) in [6.45, 7) is 0. The second-order valence-corrected chi connectivity index (χ2v) is 4.31. The molecule has 0 saturated carbocycles. The first-order valence-electron chi connectivity index (χ1n) is 3.84. The number of thiophene rings is 1. The average molecular weight is 195 g/mol. The van der Waals surface area contributed by atoms with Crippen LogP contribution in [0.3, 0.4) is 0 Å². The summed E-state index contributed by atoms with van der Waals surface area (Å²) in [5, 5.41) is 4.24. The summed E-state index contributed by atoms with van der Waals surface area (Å²) in [6.07, 6.45) is 2.20. The molecule has 0 spiro atoms. The normalized spacial score (nSPS) is 10.3. The zero-order valence-electron chi connectivity index (χ0n) is 6.56. The highest BCUT2D eigenvalue weighted by molar-refractivity contribution is 7.09. The molecule has 12 heavy (non-hydrogen) atoms. The van der Waals surface area contributed by atoms with E-state index in [1.165, 1.54) is 10.6 Å². The molecule has 0 fully saturated rings. The van der Waals surface area contributed by atoms with Crippen molar-refractivity contribution in [3.63, 3.8) is 0 Å². The van der Waals surface area contributed by atoms with Crippen LogP contribution in [0.25, 0.3) is 0 Å². The molecule has 0 saturated heterocycles. The molecule has 0 N–H and O–H groups in total. The molecule has 0 aliphatic carbocycles. The lowest BCUT2D eigenvalue weighted by molar-refractivity contribution is 0.942. The maximum atomic E-state index is 4.24. The Morgan fingerprint density at radius 1 is 1.33 bits per heavy atom. The van der Waals surface area contributed by atoms with E-state index in [1.807, 2.05) is 16.8 Å². The van der Waals surface area contributed by atoms with Crippen LogP contribution >= 0.6 is 22.7 Å². The smallest absolute Gasteiger partial charge is 0.0794 e. The summed E-state index contributed by atoms with van der Waals surface area (Å²) in [5.41, 5.74) is 3.11. The van der Waals surface area contributed by atoms with Gasteiger partial charge in [0.2, 0.25) is 0 Å². The van der Waals surface area contributed by atoms with Gasteiger partial charge < -0.3 is 0 Å². The van der Waals surface area contributed by atoms with E-state index in [9.17, 15) is 0 Å². The third kappa shape index (κ3) is 1.93. The average Bonchev–Trinajstić information content (AvgIpc) is 2.74. The molecule has 0 aliphatic rings. The molecule has 2 rings (SSSR count). The van der Waals surface area contributed by atoms with E-state index in [4.69, 9.17) is 0 Å². The quantitative estimate of drug-likeness (QED) is 0.733. The molecule has 0 bridgehead atoms. The van der Waals surface area contributed by atoms with Gasteiger partial charge in [0.15, 0.2) is 0 Å². The van der Waals surface area contributed by atoms with Crippen molar-refractivity contribution in [2.45, 2.75) is 12.8 Å². The van der Waals surface area contributed by atoms with E-state index in [0.29, 0.717) is 0 Å². The fraction of sp³-hybridized carbons (Fsp3) is 0.222. The van der Waals surface area contributed by atoms with Gasteiger partial charge in [-0.1, -0.05) is 6.07 Å². The molecule has 2 heterocycles. The Labute approximate surface area is 79.7 Å². The summed E-state index contributed by atoms with van der Waals surface area (Å²) in [6, 6.07) is 4.28. The first-order valence-corrected chi connectivity index (χ1v) is 5.67. The van der Waals surface area contributed by atoms with Gasteiger partial charge in [-0.15, -0.1) is 22.7 Å². The van der Waals surface area contributed by atoms with E-state index in [-0.39, 0.29) is 0 Å². The molecule has 0 atom stereocenters. The Morgan fingerprint density at radius 3 is 3.00 bits per heavy atom. The third-order valence-corrected chi connectivity index (χ3v) is 3.26. The largest absolute Gasteiger partial charge is 0.250 e. The number of rotatable bonds is 3. The zero-order chi connectivity index (χ0) is 8.23. The second kappa shape index (κ2) is 3.83. The Bertz CT molecular complexity index is 276. The van der Waals surface area contributed by atoms with E-state index < -0.39 is 0 Å². The minimum absolute atomic E-state index is 1.07. The Hall–Kier alpha value is -0.670. The maximum absolute atomic E-state index is 4.24. The van der Waals surface area contributed by atoms with E-state index in [2.05, 4.69) is 27.9 Å². The van der Waals surface area contributed by atoms with Crippen molar-refractivity contribution in [1.29, 1.82) is 0 Å². The fourth-order valence-electron chi connectivity index (χ4n) is 1.07. The van der Waals surface area contributed by atoms with Crippen molar-refractivity contribution in [1.82, 2.24) is 4.98 Å². The van der Waals surface area contributed by atoms with Gasteiger partial charge in [0, 0.05) is 10.3 Å². The number of thiazole rings is 1. The van der Waals surface area contributed by atoms with Crippen LogP contribution in [0.2, 0.25) is 0 Å². The molecule has 2 aromatic heterocycles. The Morgan fingerprint density at radius 2 is 2.33 bits per heavy atom. The van der Waals surface area contributed by atoms with E-state index in [1.54, 1.807) is 11.3 Å². The fourth-order valence-corrected chi connectivity index (χ4v) is 2.37. The van der Waals surface area contributed by atoms with Gasteiger partial charge in [0.25, 0.3) is 0 Å². The van der Waals surface area contributed by atoms with Crippen LogP contribution in [0, 0.1) is 0 Å². The van der Waals surface area contributed by atoms with Crippen LogP contribution in [-0.4, -0.2) is 4.98 Å². The van der Waals surface area contributed by atoms with Gasteiger partial charge in [0.05, 0.1) is 11.2 Å². The van der Waals surface area contributed by atoms with Gasteiger partial charge in [-0.05, 0) is 24.3 Å². The molecule has 62 valence electrons. The topological polar surface area (TPSA) is 12.9 Å². The molecule has 0 radical (unpaired) electrons. The van der Waals surface area contributed by atoms with Crippen molar-refractivity contribution in [3.05, 3.63) is 39.0 Å². The molecule has 0 unspecified atom stereocenters. The SMILES string of the molecule is c1csc(CCc2cscn2)c1. The summed E-state index contributed by atoms with van der Waals surface area (Å²) in [7, 11) is 0. The van der Waals surface area contributed by atoms with Gasteiger partial charge in [-0.25, -0.2) is 4.98 Å². The van der Waals surface area contributed by atoms with Crippen LogP contribution in [0.5, 0.6) is 0 Å². The maximum Gasteiger partial charge on any atom is 0.0794 e. The van der Waals surface area contributed by atoms with Gasteiger partial charge >= 0.3 is 0 Å². The molecular weight excluding hydrogens is 186 g/mol. The monoisotopic (exact) mass is 195 g/mol. The predicted molar refractivity (Wildman–Crippen MR) is 53.8 cm³/mol. The summed E-state index contributed by atoms with van der Waals surface area (Å²) < 4.78 is 0. The van der Waals surface area contributed by atoms with Gasteiger partial charge in [-0.2, -0.15) is 0 Å². The van der Waals surface area contributed by atoms with Crippen LogP contribution < -0.4 is 0 Å². The van der Waals surface area contributed by atoms with Crippen molar-refractivity contribution < 1.29 is 0 Å². The third-order valence-electron chi connectivity index (χ3n) is 1.69. The molecular formula is C9H9NS2. The molecule has 0 amide bonds. The number of hydrogen-bond donors (Lipinski definition) is 0. The number of aryl methyl sites for hydroxylation is 2. The van der Waals surface area contributed by atoms with Crippen LogP contribution in [0.1, 0.15) is 10.6 Å². The van der Waals surface area contributed by atoms with Crippen molar-refractivity contribution in [2.75, 3.05) is 0 Å². The van der Waals surface area contributed by atoms with Crippen LogP contribution in [0.15, 0.2) is 28.4 Å². The first kappa shape index (κ1) is 7.95. The summed E-state index contributed by atoms with van der Waals surface area (Å²) in [4.78, 5) is 5.69. The number of aromatic nitrogens is 1. The highest BCUT2D eigenvalue weighted by Gasteiger charge is 1.96. The van der Waals surface area contributed by atoms with E-state index in [0.717, 1.165) is 12.8 Å². The second-order valence-electron chi connectivity index (χ2n) is 2.56. The lowest BCUT2D eigenvalue weighted by atomic mass is 10.2. The lowest BCUT2D eigenvalue weighted by Gasteiger charge is -1.92. The van der Waals surface area contributed by atoms with Gasteiger partial charge in [0.1, 0.15) is 0 Å². The highest BCUT2D eigenvalue weighted by atomic mass is 32.1. The van der Waals surface area contributed by atoms with Gasteiger partial charge in [-0.3, -0.25) is 0 Å². The first-order chi connectivity index (χ1) is 5.95. The minimum Gasteiger partial charge on any atom is -0.250 e. The lowest BCUT2D eigenvalue weighted by Crippen LogP contribution is -1.87. The standard InChI is InChI=1S/C9H9NS2/c1-2-9(12-5-1)4-3-8-6-11-7-10-8/h1-2,5-7H,3-4H2. The minimum atomic E-state index is 1.07. The molecule has 2 aromatic rings. The zero-order valence-corrected chi connectivity index (χ0v) is 8.20. The van der Waals surface area contributed by atoms with Crippen LogP contribution in [-0.2, 0) is 12.8 Å². The Balaban J connectivity index is 1.91. The predicted octanol–water partition coefficient (Wildman–Crippen LogP) is 2.99. The highest BCUT2D eigenvalue weighted by Crippen LogP contribution is 2.12. The summed E-state index contributed by atoms with van der Waals surface area (Å²) in [5.74, 6) is 0. The van der Waals surface area contributed by atoms with Crippen molar-refractivity contribution in [2.24, 2.45) is 0 Å². The van der Waals surface area contributed by atoms with E-state index >= 15 is 0 Å². The molecule has 0 aromatic carbocycles. The molecule has 0 aliphatic heterocycles. The molecule has 3 heteroatoms. The van der Waals surface area contributed by atoms with Crippen molar-refractivity contribution >= 4 is 22.7 Å². The van der Waals surface area contributed by atoms with Crippen LogP contribution in [0.4, 0.5) is 0 Å². The Kier molecular flexibility index (Phi) is 2.54. The number of hydrogen-bond acceptors (Lipinski definition) is 3. The van der Waals surface area contributed by atoms with Crippen molar-refractivity contribution in [3.8, 4) is 0 Å². The summed E-state index contributed by atoms with van der Waals surface area (Å²) >= 11 is 3.49. The molecule has 1 nitrogen and oxygen atoms in total.